The Bertz CT molecular complexity index is 813. The highest BCUT2D eigenvalue weighted by Crippen LogP contribution is 2.40. The van der Waals surface area contributed by atoms with Gasteiger partial charge in [0.1, 0.15) is 6.79 Å². The van der Waals surface area contributed by atoms with Crippen LogP contribution in [0.4, 0.5) is 0 Å². The number of rotatable bonds is 9. The normalized spacial score (nSPS) is 21.4. The Morgan fingerprint density at radius 3 is 2.00 bits per heavy atom. The summed E-state index contributed by atoms with van der Waals surface area (Å²) < 4.78 is 18.1. The number of amides is 1. The van der Waals surface area contributed by atoms with Gasteiger partial charge in [-0.05, 0) is 28.3 Å². The Morgan fingerprint density at radius 2 is 1.61 bits per heavy atom. The van der Waals surface area contributed by atoms with Crippen LogP contribution >= 0.6 is 0 Å². The number of carbonyl (C=O) groups is 1. The summed E-state index contributed by atoms with van der Waals surface area (Å²) in [5.74, 6) is -0.0724. The monoisotopic (exact) mass is 441 g/mol. The van der Waals surface area contributed by atoms with Crippen LogP contribution in [0.2, 0.25) is 5.04 Å². The minimum atomic E-state index is -2.69. The molecule has 5 nitrogen and oxygen atoms in total. The number of ether oxygens (including phenoxy) is 2. The average Bonchev–Trinajstić information content (AvgIpc) is 2.73. The maximum atomic E-state index is 12.1. The van der Waals surface area contributed by atoms with Gasteiger partial charge in [-0.15, -0.1) is 0 Å². The lowest BCUT2D eigenvalue weighted by Crippen LogP contribution is -2.72. The van der Waals surface area contributed by atoms with Crippen LogP contribution in [-0.4, -0.2) is 46.4 Å². The van der Waals surface area contributed by atoms with Gasteiger partial charge in [-0.25, -0.2) is 0 Å². The molecule has 2 atom stereocenters. The molecule has 31 heavy (non-hydrogen) atoms. The first kappa shape index (κ1) is 23.7. The van der Waals surface area contributed by atoms with Gasteiger partial charge in [0.05, 0.1) is 18.2 Å². The fraction of sp³-hybridized carbons (Fsp3) is 0.480. The summed E-state index contributed by atoms with van der Waals surface area (Å²) in [7, 11) is -1.08. The van der Waals surface area contributed by atoms with Crippen molar-refractivity contribution < 1.29 is 18.7 Å². The quantitative estimate of drug-likeness (QED) is 0.480. The molecule has 0 aliphatic heterocycles. The van der Waals surface area contributed by atoms with Crippen molar-refractivity contribution in [2.75, 3.05) is 20.5 Å². The molecular weight excluding hydrogens is 406 g/mol. The van der Waals surface area contributed by atoms with E-state index in [1.54, 1.807) is 14.0 Å². The number of hydrogen-bond acceptors (Lipinski definition) is 4. The second kappa shape index (κ2) is 9.65. The Kier molecular flexibility index (Phi) is 7.37. The van der Waals surface area contributed by atoms with Crippen LogP contribution in [0.3, 0.4) is 0 Å². The molecular formula is C25H35NO4Si. The van der Waals surface area contributed by atoms with Crippen molar-refractivity contribution in [2.24, 2.45) is 0 Å². The van der Waals surface area contributed by atoms with Crippen molar-refractivity contribution in [3.63, 3.8) is 0 Å². The summed E-state index contributed by atoms with van der Waals surface area (Å²) in [5.41, 5.74) is -0.544. The number of nitrogens with one attached hydrogen (secondary N) is 1. The first-order valence-electron chi connectivity index (χ1n) is 10.9. The van der Waals surface area contributed by atoms with Gasteiger partial charge in [0.25, 0.3) is 8.32 Å². The van der Waals surface area contributed by atoms with E-state index in [4.69, 9.17) is 13.9 Å². The van der Waals surface area contributed by atoms with Crippen molar-refractivity contribution in [2.45, 2.75) is 57.2 Å². The minimum absolute atomic E-state index is 0.0724. The SMILES string of the molecule is COCO[C@H]1CC[C@@]1(CO[Si](c1ccccc1)(c1ccccc1)C(C)(C)C)NC(C)=O. The van der Waals surface area contributed by atoms with Crippen LogP contribution < -0.4 is 15.7 Å². The molecule has 0 heterocycles. The van der Waals surface area contributed by atoms with Crippen LogP contribution in [0.1, 0.15) is 40.5 Å². The zero-order valence-electron chi connectivity index (χ0n) is 19.3. The summed E-state index contributed by atoms with van der Waals surface area (Å²) in [5, 5.41) is 5.48. The highest BCUT2D eigenvalue weighted by molar-refractivity contribution is 6.99. The standard InChI is InChI=1S/C25H35NO4Si/c1-20(27)26-25(17-16-23(25)29-19-28-5)18-30-31(24(2,3)4,21-12-8-6-9-13-21)22-14-10-7-11-15-22/h6-15,23H,16-19H2,1-5H3,(H,26,27)/t23-,25-/m0/s1. The predicted molar refractivity (Wildman–Crippen MR) is 126 cm³/mol. The number of benzene rings is 2. The van der Waals surface area contributed by atoms with Gasteiger partial charge in [-0.1, -0.05) is 81.4 Å². The van der Waals surface area contributed by atoms with Crippen LogP contribution in [0.25, 0.3) is 0 Å². The third-order valence-electron chi connectivity index (χ3n) is 6.24. The maximum absolute atomic E-state index is 12.1. The molecule has 1 fully saturated rings. The first-order valence-corrected chi connectivity index (χ1v) is 12.8. The molecule has 2 aromatic carbocycles. The molecule has 1 amide bonds. The van der Waals surface area contributed by atoms with Gasteiger partial charge in [0, 0.05) is 14.0 Å². The van der Waals surface area contributed by atoms with E-state index in [0.29, 0.717) is 6.61 Å². The van der Waals surface area contributed by atoms with Crippen LogP contribution in [-0.2, 0) is 18.7 Å². The molecule has 1 aliphatic rings. The molecule has 0 bridgehead atoms. The smallest absolute Gasteiger partial charge is 0.261 e. The van der Waals surface area contributed by atoms with Crippen LogP contribution in [0.15, 0.2) is 60.7 Å². The molecule has 1 N–H and O–H groups in total. The van der Waals surface area contributed by atoms with Crippen molar-refractivity contribution >= 4 is 24.6 Å². The highest BCUT2D eigenvalue weighted by atomic mass is 28.4. The second-order valence-electron chi connectivity index (χ2n) is 9.39. The summed E-state index contributed by atoms with van der Waals surface area (Å²) in [6.45, 7) is 8.91. The minimum Gasteiger partial charge on any atom is -0.405 e. The van der Waals surface area contributed by atoms with Crippen molar-refractivity contribution in [3.8, 4) is 0 Å². The fourth-order valence-corrected chi connectivity index (χ4v) is 9.33. The van der Waals surface area contributed by atoms with Crippen LogP contribution in [0, 0.1) is 0 Å². The van der Waals surface area contributed by atoms with Crippen molar-refractivity contribution in [1.82, 2.24) is 5.32 Å². The van der Waals surface area contributed by atoms with E-state index < -0.39 is 13.9 Å². The molecule has 2 aromatic rings. The molecule has 0 saturated heterocycles. The fourth-order valence-electron chi connectivity index (χ4n) is 4.70. The third-order valence-corrected chi connectivity index (χ3v) is 11.2. The molecule has 1 saturated carbocycles. The summed E-state index contributed by atoms with van der Waals surface area (Å²) >= 11 is 0. The van der Waals surface area contributed by atoms with Gasteiger partial charge in [0.15, 0.2) is 0 Å². The van der Waals surface area contributed by atoms with E-state index in [-0.39, 0.29) is 23.8 Å². The molecule has 168 valence electrons. The zero-order valence-corrected chi connectivity index (χ0v) is 20.3. The topological polar surface area (TPSA) is 56.8 Å². The lowest BCUT2D eigenvalue weighted by Gasteiger charge is -2.52. The summed E-state index contributed by atoms with van der Waals surface area (Å²) in [6.07, 6.45) is 1.56. The third kappa shape index (κ3) is 4.77. The zero-order chi connectivity index (χ0) is 22.5. The lowest BCUT2D eigenvalue weighted by molar-refractivity contribution is -0.158. The van der Waals surface area contributed by atoms with E-state index in [0.717, 1.165) is 12.8 Å². The average molecular weight is 442 g/mol. The van der Waals surface area contributed by atoms with E-state index in [2.05, 4.69) is 74.6 Å². The largest absolute Gasteiger partial charge is 0.405 e. The summed E-state index contributed by atoms with van der Waals surface area (Å²) in [6, 6.07) is 21.1. The van der Waals surface area contributed by atoms with E-state index in [9.17, 15) is 4.79 Å². The molecule has 0 spiro atoms. The van der Waals surface area contributed by atoms with Gasteiger partial charge >= 0.3 is 0 Å². The highest BCUT2D eigenvalue weighted by Gasteiger charge is 2.55. The Morgan fingerprint density at radius 1 is 1.06 bits per heavy atom. The van der Waals surface area contributed by atoms with Crippen molar-refractivity contribution in [3.05, 3.63) is 60.7 Å². The van der Waals surface area contributed by atoms with E-state index >= 15 is 0 Å². The Labute approximate surface area is 187 Å². The van der Waals surface area contributed by atoms with Gasteiger partial charge in [-0.3, -0.25) is 4.79 Å². The molecule has 6 heteroatoms. The Balaban J connectivity index is 2.03. The van der Waals surface area contributed by atoms with Crippen molar-refractivity contribution in [1.29, 1.82) is 0 Å². The van der Waals surface area contributed by atoms with Crippen LogP contribution in [0.5, 0.6) is 0 Å². The molecule has 0 unspecified atom stereocenters. The number of methoxy groups -OCH3 is 1. The second-order valence-corrected chi connectivity index (χ2v) is 13.7. The van der Waals surface area contributed by atoms with Gasteiger partial charge < -0.3 is 19.2 Å². The van der Waals surface area contributed by atoms with Gasteiger partial charge in [-0.2, -0.15) is 0 Å². The maximum Gasteiger partial charge on any atom is 0.261 e. The van der Waals surface area contributed by atoms with E-state index in [1.807, 2.05) is 12.1 Å². The first-order chi connectivity index (χ1) is 14.7. The molecule has 1 aliphatic carbocycles. The van der Waals surface area contributed by atoms with E-state index in [1.165, 1.54) is 10.4 Å². The molecule has 0 radical (unpaired) electrons. The number of carbonyl (C=O) groups excluding carboxylic acids is 1. The lowest BCUT2D eigenvalue weighted by atomic mass is 9.74. The molecule has 0 aromatic heterocycles. The molecule has 3 rings (SSSR count). The predicted octanol–water partition coefficient (Wildman–Crippen LogP) is 3.22. The van der Waals surface area contributed by atoms with Gasteiger partial charge in [0.2, 0.25) is 5.91 Å². The summed E-state index contributed by atoms with van der Waals surface area (Å²) in [4.78, 5) is 12.1. The number of hydrogen-bond donors (Lipinski definition) is 1. The Hall–Kier alpha value is -1.99.